The third-order valence-electron chi connectivity index (χ3n) is 4.27. The van der Waals surface area contributed by atoms with Gasteiger partial charge in [-0.2, -0.15) is 0 Å². The number of fused-ring (bicyclic) bond motifs is 1. The lowest BCUT2D eigenvalue weighted by Crippen LogP contribution is -2.36. The van der Waals surface area contributed by atoms with E-state index in [2.05, 4.69) is 5.32 Å². The van der Waals surface area contributed by atoms with E-state index in [9.17, 15) is 9.59 Å². The van der Waals surface area contributed by atoms with Crippen LogP contribution in [-0.2, 0) is 11.3 Å². The number of nitrogens with one attached hydrogen (secondary N) is 1. The highest BCUT2D eigenvalue weighted by Crippen LogP contribution is 2.35. The zero-order valence-corrected chi connectivity index (χ0v) is 15.3. The molecule has 4 rings (SSSR count). The molecule has 1 atom stereocenters. The van der Waals surface area contributed by atoms with E-state index in [1.54, 1.807) is 28.6 Å². The number of hydrogen-bond donors (Lipinski definition) is 1. The average Bonchev–Trinajstić information content (AvgIpc) is 2.71. The first-order valence-electron chi connectivity index (χ1n) is 8.63. The van der Waals surface area contributed by atoms with Crippen LogP contribution in [0.25, 0.3) is 0 Å². The molecule has 0 radical (unpaired) electrons. The van der Waals surface area contributed by atoms with Crippen molar-refractivity contribution in [2.45, 2.75) is 17.5 Å². The molecule has 1 N–H and O–H groups in total. The summed E-state index contributed by atoms with van der Waals surface area (Å²) in [6.07, 6.45) is 1.24. The second kappa shape index (κ2) is 7.72. The lowest BCUT2D eigenvalue weighted by molar-refractivity contribution is -0.122. The molecule has 6 heteroatoms. The van der Waals surface area contributed by atoms with Gasteiger partial charge in [-0.25, -0.2) is 0 Å². The van der Waals surface area contributed by atoms with E-state index in [1.165, 1.54) is 6.07 Å². The van der Waals surface area contributed by atoms with Crippen LogP contribution in [0.5, 0.6) is 5.75 Å². The summed E-state index contributed by atoms with van der Waals surface area (Å²) in [6.45, 7) is 0.493. The fourth-order valence-electron chi connectivity index (χ4n) is 2.85. The molecule has 2 aromatic carbocycles. The molecule has 27 heavy (non-hydrogen) atoms. The van der Waals surface area contributed by atoms with Crippen molar-refractivity contribution >= 4 is 23.4 Å². The maximum absolute atomic E-state index is 12.5. The van der Waals surface area contributed by atoms with Crippen molar-refractivity contribution in [3.8, 4) is 5.75 Å². The van der Waals surface area contributed by atoms with Crippen LogP contribution in [0.3, 0.4) is 0 Å². The number of thioether (sulfide) groups is 1. The Bertz CT molecular complexity index is 1010. The molecule has 1 aliphatic heterocycles. The molecule has 2 heterocycles. The maximum Gasteiger partial charge on any atom is 0.266 e. The Morgan fingerprint density at radius 1 is 1.07 bits per heavy atom. The Morgan fingerprint density at radius 2 is 1.85 bits per heavy atom. The monoisotopic (exact) mass is 378 g/mol. The molecule has 5 nitrogen and oxygen atoms in total. The summed E-state index contributed by atoms with van der Waals surface area (Å²) in [7, 11) is 0. The zero-order chi connectivity index (χ0) is 18.6. The van der Waals surface area contributed by atoms with Crippen molar-refractivity contribution < 1.29 is 9.53 Å². The van der Waals surface area contributed by atoms with Crippen LogP contribution >= 0.6 is 11.8 Å². The smallest absolute Gasteiger partial charge is 0.266 e. The number of aromatic nitrogens is 1. The van der Waals surface area contributed by atoms with Gasteiger partial charge in [-0.3, -0.25) is 9.59 Å². The van der Waals surface area contributed by atoms with Crippen LogP contribution in [0.2, 0.25) is 0 Å². The van der Waals surface area contributed by atoms with E-state index in [0.29, 0.717) is 18.0 Å². The van der Waals surface area contributed by atoms with Gasteiger partial charge < -0.3 is 14.6 Å². The number of hydrogen-bond acceptors (Lipinski definition) is 4. The minimum absolute atomic E-state index is 0.0397. The summed E-state index contributed by atoms with van der Waals surface area (Å²) in [6, 6.07) is 20.3. The van der Waals surface area contributed by atoms with Gasteiger partial charge in [0.05, 0.1) is 6.54 Å². The molecule has 0 saturated heterocycles. The van der Waals surface area contributed by atoms with Crippen LogP contribution < -0.4 is 15.6 Å². The van der Waals surface area contributed by atoms with Crippen LogP contribution in [0.15, 0.2) is 82.6 Å². The summed E-state index contributed by atoms with van der Waals surface area (Å²) < 4.78 is 7.45. The van der Waals surface area contributed by atoms with Gasteiger partial charge in [0.25, 0.3) is 11.5 Å². The molecule has 0 saturated carbocycles. The van der Waals surface area contributed by atoms with Crippen molar-refractivity contribution in [2.75, 3.05) is 11.1 Å². The highest BCUT2D eigenvalue weighted by molar-refractivity contribution is 7.99. The van der Waals surface area contributed by atoms with Crippen molar-refractivity contribution in [1.82, 2.24) is 4.57 Å². The molecule has 0 bridgehead atoms. The van der Waals surface area contributed by atoms with Crippen molar-refractivity contribution in [2.24, 2.45) is 0 Å². The summed E-state index contributed by atoms with van der Waals surface area (Å²) in [5.74, 6) is 1.17. The predicted molar refractivity (Wildman–Crippen MR) is 106 cm³/mol. The first-order chi connectivity index (χ1) is 13.2. The van der Waals surface area contributed by atoms with E-state index < -0.39 is 6.10 Å². The molecule has 0 unspecified atom stereocenters. The van der Waals surface area contributed by atoms with Gasteiger partial charge in [0.15, 0.2) is 6.10 Å². The van der Waals surface area contributed by atoms with Crippen molar-refractivity contribution in [3.05, 3.63) is 88.8 Å². The van der Waals surface area contributed by atoms with E-state index in [-0.39, 0.29) is 11.5 Å². The van der Waals surface area contributed by atoms with Crippen LogP contribution in [0.1, 0.15) is 5.56 Å². The lowest BCUT2D eigenvalue weighted by Gasteiger charge is -2.24. The standard InChI is InChI=1S/C21H18N2O3S/c24-20-7-3-4-12-23(20)13-15-8-10-16(11-9-15)22-21(25)18-14-27-19-6-2-1-5-17(19)26-18/h1-12,18H,13-14H2,(H,22,25)/t18-/m1/s1. The van der Waals surface area contributed by atoms with E-state index in [4.69, 9.17) is 4.74 Å². The van der Waals surface area contributed by atoms with Crippen molar-refractivity contribution in [1.29, 1.82) is 0 Å². The van der Waals surface area contributed by atoms with Gasteiger partial charge in [-0.1, -0.05) is 30.3 Å². The quantitative estimate of drug-likeness (QED) is 0.756. The SMILES string of the molecule is O=C(Nc1ccc(Cn2ccccc2=O)cc1)[C@H]1CSc2ccccc2O1. The summed E-state index contributed by atoms with van der Waals surface area (Å²) in [4.78, 5) is 25.3. The minimum Gasteiger partial charge on any atom is -0.479 e. The molecular weight excluding hydrogens is 360 g/mol. The number of benzene rings is 2. The fraction of sp³-hybridized carbons (Fsp3) is 0.143. The van der Waals surface area contributed by atoms with Crippen LogP contribution in [-0.4, -0.2) is 22.3 Å². The Balaban J connectivity index is 1.39. The third kappa shape index (κ3) is 4.06. The Labute approximate surface area is 161 Å². The van der Waals surface area contributed by atoms with E-state index in [1.807, 2.05) is 54.6 Å². The van der Waals surface area contributed by atoms with Crippen molar-refractivity contribution in [3.63, 3.8) is 0 Å². The number of para-hydroxylation sites is 1. The van der Waals surface area contributed by atoms with Crippen LogP contribution in [0.4, 0.5) is 5.69 Å². The number of nitrogens with zero attached hydrogens (tertiary/aromatic N) is 1. The Hall–Kier alpha value is -2.99. The number of ether oxygens (including phenoxy) is 1. The fourth-order valence-corrected chi connectivity index (χ4v) is 3.84. The largest absolute Gasteiger partial charge is 0.479 e. The number of carbonyl (C=O) groups excluding carboxylic acids is 1. The van der Waals surface area contributed by atoms with E-state index >= 15 is 0 Å². The number of carbonyl (C=O) groups is 1. The maximum atomic E-state index is 12.5. The number of rotatable bonds is 4. The third-order valence-corrected chi connectivity index (χ3v) is 5.39. The Morgan fingerprint density at radius 3 is 2.67 bits per heavy atom. The first-order valence-corrected chi connectivity index (χ1v) is 9.61. The lowest BCUT2D eigenvalue weighted by atomic mass is 10.2. The molecule has 1 aromatic heterocycles. The summed E-state index contributed by atoms with van der Waals surface area (Å²) in [5, 5.41) is 2.90. The molecule has 1 aliphatic rings. The molecular formula is C21H18N2O3S. The van der Waals surface area contributed by atoms with Gasteiger partial charge in [-0.05, 0) is 35.9 Å². The first kappa shape index (κ1) is 17.4. The normalized spacial score (nSPS) is 15.5. The molecule has 0 spiro atoms. The van der Waals surface area contributed by atoms with Gasteiger partial charge in [0, 0.05) is 28.6 Å². The molecule has 0 fully saturated rings. The molecule has 136 valence electrons. The summed E-state index contributed by atoms with van der Waals surface area (Å²) in [5.41, 5.74) is 1.65. The van der Waals surface area contributed by atoms with Crippen LogP contribution in [0, 0.1) is 0 Å². The second-order valence-corrected chi connectivity index (χ2v) is 7.28. The highest BCUT2D eigenvalue weighted by Gasteiger charge is 2.26. The number of anilines is 1. The molecule has 0 aliphatic carbocycles. The van der Waals surface area contributed by atoms with Gasteiger partial charge >= 0.3 is 0 Å². The minimum atomic E-state index is -0.521. The number of pyridine rings is 1. The summed E-state index contributed by atoms with van der Waals surface area (Å²) >= 11 is 1.62. The zero-order valence-electron chi connectivity index (χ0n) is 14.5. The average molecular weight is 378 g/mol. The number of amides is 1. The van der Waals surface area contributed by atoms with Gasteiger partial charge in [-0.15, -0.1) is 11.8 Å². The molecule has 1 amide bonds. The molecule has 3 aromatic rings. The van der Waals surface area contributed by atoms with Gasteiger partial charge in [0.2, 0.25) is 0 Å². The second-order valence-electron chi connectivity index (χ2n) is 6.22. The highest BCUT2D eigenvalue weighted by atomic mass is 32.2. The van der Waals surface area contributed by atoms with E-state index in [0.717, 1.165) is 16.2 Å². The Kier molecular flexibility index (Phi) is 4.98. The van der Waals surface area contributed by atoms with Gasteiger partial charge in [0.1, 0.15) is 5.75 Å². The predicted octanol–water partition coefficient (Wildman–Crippen LogP) is 3.39. The topological polar surface area (TPSA) is 60.3 Å².